The van der Waals surface area contributed by atoms with Crippen molar-refractivity contribution in [1.29, 1.82) is 0 Å². The van der Waals surface area contributed by atoms with Crippen LogP contribution in [-0.4, -0.2) is 56.7 Å². The molecule has 1 amide bonds. The Labute approximate surface area is 148 Å². The maximum Gasteiger partial charge on any atom is 0.226 e. The van der Waals surface area contributed by atoms with E-state index < -0.39 is 0 Å². The molecule has 25 heavy (non-hydrogen) atoms. The summed E-state index contributed by atoms with van der Waals surface area (Å²) in [7, 11) is 0. The lowest BCUT2D eigenvalue weighted by Crippen LogP contribution is -2.43. The molecule has 1 aromatic heterocycles. The van der Waals surface area contributed by atoms with Crippen molar-refractivity contribution in [3.05, 3.63) is 42.5 Å². The molecule has 6 nitrogen and oxygen atoms in total. The molecule has 3 heterocycles. The Hall–Kier alpha value is -2.21. The Kier molecular flexibility index (Phi) is 4.78. The molecule has 2 fully saturated rings. The first-order valence-corrected chi connectivity index (χ1v) is 9.25. The average molecular weight is 339 g/mol. The second-order valence-corrected chi connectivity index (χ2v) is 7.11. The number of nitrogens with zero attached hydrogens (tertiary/aromatic N) is 5. The lowest BCUT2D eigenvalue weighted by Gasteiger charge is -2.34. The zero-order valence-corrected chi connectivity index (χ0v) is 14.5. The van der Waals surface area contributed by atoms with Gasteiger partial charge in [-0.3, -0.25) is 9.69 Å². The van der Waals surface area contributed by atoms with Crippen LogP contribution < -0.4 is 0 Å². The molecule has 2 aromatic rings. The molecule has 1 aromatic carbocycles. The molecule has 2 aliphatic heterocycles. The number of rotatable bonds is 4. The maximum atomic E-state index is 12.7. The molecule has 1 atom stereocenters. The van der Waals surface area contributed by atoms with Crippen LogP contribution in [0.2, 0.25) is 0 Å². The van der Waals surface area contributed by atoms with Crippen LogP contribution in [-0.2, 0) is 11.3 Å². The van der Waals surface area contributed by atoms with Crippen molar-refractivity contribution in [2.24, 2.45) is 5.92 Å². The minimum Gasteiger partial charge on any atom is -0.342 e. The van der Waals surface area contributed by atoms with E-state index in [0.29, 0.717) is 5.91 Å². The van der Waals surface area contributed by atoms with E-state index in [4.69, 9.17) is 0 Å². The van der Waals surface area contributed by atoms with Gasteiger partial charge in [-0.2, -0.15) is 5.10 Å². The molecule has 4 rings (SSSR count). The number of likely N-dealkylation sites (tertiary alicyclic amines) is 2. The summed E-state index contributed by atoms with van der Waals surface area (Å²) in [5.74, 6) is 0.560. The first-order chi connectivity index (χ1) is 12.3. The molecular weight excluding hydrogens is 314 g/mol. The SMILES string of the molecule is O=C([C@H]1CCCN(Cc2ccc(-n3cncn3)cc2)C1)N1CCCC1. The highest BCUT2D eigenvalue weighted by atomic mass is 16.2. The standard InChI is InChI=1S/C19H25N5O/c25-19(23-10-1-2-11-23)17-4-3-9-22(13-17)12-16-5-7-18(8-6-16)24-15-20-14-21-24/h5-8,14-15,17H,1-4,9-13H2/t17-/m0/s1. The van der Waals surface area contributed by atoms with E-state index in [-0.39, 0.29) is 5.92 Å². The van der Waals surface area contributed by atoms with Crippen LogP contribution in [0.4, 0.5) is 0 Å². The summed E-state index contributed by atoms with van der Waals surface area (Å²) in [6.45, 7) is 4.79. The molecule has 6 heteroatoms. The Bertz CT molecular complexity index is 691. The highest BCUT2D eigenvalue weighted by Gasteiger charge is 2.30. The number of hydrogen-bond acceptors (Lipinski definition) is 4. The third-order valence-electron chi connectivity index (χ3n) is 5.30. The molecule has 2 aliphatic rings. The quantitative estimate of drug-likeness (QED) is 0.856. The van der Waals surface area contributed by atoms with E-state index in [1.807, 2.05) is 0 Å². The summed E-state index contributed by atoms with van der Waals surface area (Å²) in [5, 5.41) is 4.15. The van der Waals surface area contributed by atoms with E-state index in [9.17, 15) is 4.79 Å². The smallest absolute Gasteiger partial charge is 0.226 e. The number of carbonyl (C=O) groups excluding carboxylic acids is 1. The summed E-state index contributed by atoms with van der Waals surface area (Å²) in [6, 6.07) is 8.42. The van der Waals surface area contributed by atoms with Crippen molar-refractivity contribution < 1.29 is 4.79 Å². The maximum absolute atomic E-state index is 12.7. The van der Waals surface area contributed by atoms with Gasteiger partial charge in [-0.1, -0.05) is 12.1 Å². The molecule has 0 saturated carbocycles. The number of aromatic nitrogens is 3. The van der Waals surface area contributed by atoms with Crippen molar-refractivity contribution in [3.8, 4) is 5.69 Å². The molecule has 0 unspecified atom stereocenters. The van der Waals surface area contributed by atoms with Gasteiger partial charge in [-0.05, 0) is 49.9 Å². The number of carbonyl (C=O) groups is 1. The lowest BCUT2D eigenvalue weighted by atomic mass is 9.96. The second kappa shape index (κ2) is 7.35. The number of hydrogen-bond donors (Lipinski definition) is 0. The van der Waals surface area contributed by atoms with E-state index in [1.165, 1.54) is 18.4 Å². The van der Waals surface area contributed by atoms with Crippen LogP contribution in [0.1, 0.15) is 31.2 Å². The molecule has 2 saturated heterocycles. The summed E-state index contributed by atoms with van der Waals surface area (Å²) in [4.78, 5) is 21.1. The fourth-order valence-electron chi connectivity index (χ4n) is 3.95. The van der Waals surface area contributed by atoms with Crippen molar-refractivity contribution >= 4 is 5.91 Å². The third-order valence-corrected chi connectivity index (χ3v) is 5.30. The molecule has 0 aliphatic carbocycles. The number of benzene rings is 1. The van der Waals surface area contributed by atoms with Gasteiger partial charge in [0, 0.05) is 26.2 Å². The van der Waals surface area contributed by atoms with Crippen LogP contribution in [0.5, 0.6) is 0 Å². The summed E-state index contributed by atoms with van der Waals surface area (Å²) >= 11 is 0. The minimum atomic E-state index is 0.182. The van der Waals surface area contributed by atoms with Crippen LogP contribution in [0, 0.1) is 5.92 Å². The highest BCUT2D eigenvalue weighted by Crippen LogP contribution is 2.22. The first kappa shape index (κ1) is 16.3. The van der Waals surface area contributed by atoms with Gasteiger partial charge < -0.3 is 4.90 Å². The third kappa shape index (κ3) is 3.74. The fourth-order valence-corrected chi connectivity index (χ4v) is 3.95. The normalized spacial score (nSPS) is 21.6. The van der Waals surface area contributed by atoms with Gasteiger partial charge in [-0.25, -0.2) is 9.67 Å². The predicted molar refractivity (Wildman–Crippen MR) is 95.2 cm³/mol. The Morgan fingerprint density at radius 3 is 2.60 bits per heavy atom. The van der Waals surface area contributed by atoms with E-state index in [1.54, 1.807) is 17.3 Å². The van der Waals surface area contributed by atoms with Crippen molar-refractivity contribution in [2.45, 2.75) is 32.2 Å². The van der Waals surface area contributed by atoms with E-state index >= 15 is 0 Å². The van der Waals surface area contributed by atoms with E-state index in [0.717, 1.165) is 51.3 Å². The Balaban J connectivity index is 1.36. The largest absolute Gasteiger partial charge is 0.342 e. The van der Waals surface area contributed by atoms with Gasteiger partial charge in [0.05, 0.1) is 11.6 Å². The molecule has 0 bridgehead atoms. The monoisotopic (exact) mass is 339 g/mol. The second-order valence-electron chi connectivity index (χ2n) is 7.11. The zero-order chi connectivity index (χ0) is 17.1. The van der Waals surface area contributed by atoms with Crippen LogP contribution in [0.25, 0.3) is 5.69 Å². The van der Waals surface area contributed by atoms with Crippen LogP contribution in [0.3, 0.4) is 0 Å². The van der Waals surface area contributed by atoms with Crippen molar-refractivity contribution in [2.75, 3.05) is 26.2 Å². The van der Waals surface area contributed by atoms with E-state index in [2.05, 4.69) is 44.1 Å². The summed E-state index contributed by atoms with van der Waals surface area (Å²) < 4.78 is 1.76. The highest BCUT2D eigenvalue weighted by molar-refractivity contribution is 5.79. The lowest BCUT2D eigenvalue weighted by molar-refractivity contribution is -0.136. The average Bonchev–Trinajstić information content (AvgIpc) is 3.36. The van der Waals surface area contributed by atoms with Gasteiger partial charge in [-0.15, -0.1) is 0 Å². The summed E-state index contributed by atoms with van der Waals surface area (Å²) in [6.07, 6.45) is 7.73. The topological polar surface area (TPSA) is 54.3 Å². The number of amides is 1. The van der Waals surface area contributed by atoms with Crippen molar-refractivity contribution in [3.63, 3.8) is 0 Å². The Morgan fingerprint density at radius 1 is 1.08 bits per heavy atom. The Morgan fingerprint density at radius 2 is 1.88 bits per heavy atom. The van der Waals surface area contributed by atoms with Gasteiger partial charge in [0.15, 0.2) is 0 Å². The molecular formula is C19H25N5O. The van der Waals surface area contributed by atoms with Gasteiger partial charge in [0.25, 0.3) is 0 Å². The number of piperidine rings is 1. The van der Waals surface area contributed by atoms with Crippen molar-refractivity contribution in [1.82, 2.24) is 24.6 Å². The van der Waals surface area contributed by atoms with Crippen LogP contribution >= 0.6 is 0 Å². The molecule has 0 radical (unpaired) electrons. The molecule has 132 valence electrons. The van der Waals surface area contributed by atoms with Gasteiger partial charge >= 0.3 is 0 Å². The fraction of sp³-hybridized carbons (Fsp3) is 0.526. The zero-order valence-electron chi connectivity index (χ0n) is 14.5. The van der Waals surface area contributed by atoms with Crippen LogP contribution in [0.15, 0.2) is 36.9 Å². The minimum absolute atomic E-state index is 0.182. The summed E-state index contributed by atoms with van der Waals surface area (Å²) in [5.41, 5.74) is 2.29. The predicted octanol–water partition coefficient (Wildman–Crippen LogP) is 2.10. The first-order valence-electron chi connectivity index (χ1n) is 9.25. The molecule has 0 spiro atoms. The molecule has 0 N–H and O–H groups in total. The van der Waals surface area contributed by atoms with Gasteiger partial charge in [0.1, 0.15) is 12.7 Å². The van der Waals surface area contributed by atoms with Gasteiger partial charge in [0.2, 0.25) is 5.91 Å².